The summed E-state index contributed by atoms with van der Waals surface area (Å²) in [5.74, 6) is 0. The first-order chi connectivity index (χ1) is 6.27. The van der Waals surface area contributed by atoms with E-state index in [0.717, 1.165) is 0 Å². The van der Waals surface area contributed by atoms with Gasteiger partial charge in [0.1, 0.15) is 12.3 Å². The van der Waals surface area contributed by atoms with Crippen molar-refractivity contribution in [3.05, 3.63) is 11.1 Å². The van der Waals surface area contributed by atoms with Crippen LogP contribution in [0.5, 0.6) is 0 Å². The second-order valence-electron chi connectivity index (χ2n) is 2.08. The van der Waals surface area contributed by atoms with Crippen LogP contribution < -0.4 is 5.73 Å². The van der Waals surface area contributed by atoms with Crippen molar-refractivity contribution >= 4 is 28.5 Å². The molecule has 0 unspecified atom stereocenters. The van der Waals surface area contributed by atoms with E-state index >= 15 is 0 Å². The Morgan fingerprint density at radius 1 is 1.92 bits per heavy atom. The van der Waals surface area contributed by atoms with Gasteiger partial charge < -0.3 is 10.6 Å². The van der Waals surface area contributed by atoms with Crippen molar-refractivity contribution in [3.8, 4) is 0 Å². The van der Waals surface area contributed by atoms with Crippen LogP contribution in [0.2, 0.25) is 0 Å². The van der Waals surface area contributed by atoms with Gasteiger partial charge in [0, 0.05) is 5.38 Å². The van der Waals surface area contributed by atoms with E-state index in [1.807, 2.05) is 0 Å². The molecule has 0 saturated heterocycles. The molecule has 5 nitrogen and oxygen atoms in total. The molecule has 0 fully saturated rings. The number of rotatable bonds is 4. The Hall–Kier alpha value is -1.43. The van der Waals surface area contributed by atoms with Gasteiger partial charge >= 0.3 is 0 Å². The zero-order chi connectivity index (χ0) is 9.68. The number of carbonyl (C=O) groups excluding carboxylic acids is 1. The molecule has 13 heavy (non-hydrogen) atoms. The van der Waals surface area contributed by atoms with Crippen molar-refractivity contribution in [2.24, 2.45) is 5.16 Å². The van der Waals surface area contributed by atoms with Crippen LogP contribution in [-0.2, 0) is 9.63 Å². The Morgan fingerprint density at radius 3 is 3.15 bits per heavy atom. The van der Waals surface area contributed by atoms with Gasteiger partial charge in [-0.25, -0.2) is 4.98 Å². The molecule has 0 aromatic carbocycles. The van der Waals surface area contributed by atoms with Gasteiger partial charge in [-0.05, 0) is 6.92 Å². The number of aldehydes is 1. The number of nitrogen functional groups attached to an aromatic ring is 1. The SMILES string of the molecule is CCO/N=C(/C=O)c1csc(N)n1. The highest BCUT2D eigenvalue weighted by Gasteiger charge is 2.06. The zero-order valence-corrected chi connectivity index (χ0v) is 7.87. The van der Waals surface area contributed by atoms with Gasteiger partial charge in [0.25, 0.3) is 0 Å². The summed E-state index contributed by atoms with van der Waals surface area (Å²) in [7, 11) is 0. The number of hydrogen-bond acceptors (Lipinski definition) is 6. The van der Waals surface area contributed by atoms with E-state index in [4.69, 9.17) is 10.6 Å². The third-order valence-electron chi connectivity index (χ3n) is 1.19. The number of carbonyl (C=O) groups is 1. The largest absolute Gasteiger partial charge is 0.395 e. The molecule has 0 aliphatic rings. The van der Waals surface area contributed by atoms with E-state index in [9.17, 15) is 4.79 Å². The minimum Gasteiger partial charge on any atom is -0.395 e. The van der Waals surface area contributed by atoms with Crippen molar-refractivity contribution < 1.29 is 9.63 Å². The monoisotopic (exact) mass is 199 g/mol. The summed E-state index contributed by atoms with van der Waals surface area (Å²) in [5.41, 5.74) is 6.01. The predicted molar refractivity (Wildman–Crippen MR) is 50.8 cm³/mol. The van der Waals surface area contributed by atoms with Gasteiger partial charge in [-0.2, -0.15) is 0 Å². The lowest BCUT2D eigenvalue weighted by atomic mass is 10.3. The topological polar surface area (TPSA) is 77.6 Å². The van der Waals surface area contributed by atoms with Crippen molar-refractivity contribution in [2.45, 2.75) is 6.92 Å². The Labute approximate surface area is 79.2 Å². The average molecular weight is 199 g/mol. The summed E-state index contributed by atoms with van der Waals surface area (Å²) >= 11 is 1.25. The third-order valence-corrected chi connectivity index (χ3v) is 1.86. The van der Waals surface area contributed by atoms with Gasteiger partial charge in [0.2, 0.25) is 0 Å². The zero-order valence-electron chi connectivity index (χ0n) is 7.06. The highest BCUT2D eigenvalue weighted by Crippen LogP contribution is 2.11. The number of thiazole rings is 1. The fourth-order valence-electron chi connectivity index (χ4n) is 0.668. The van der Waals surface area contributed by atoms with Crippen LogP contribution in [0.1, 0.15) is 12.6 Å². The lowest BCUT2D eigenvalue weighted by molar-refractivity contribution is -0.102. The molecule has 1 aromatic rings. The van der Waals surface area contributed by atoms with Gasteiger partial charge in [0.15, 0.2) is 17.1 Å². The standard InChI is InChI=1S/C7H9N3O2S/c1-2-12-10-5(3-11)6-4-13-7(8)9-6/h3-4H,2H2,1H3,(H2,8,9)/b10-5-. The molecule has 0 amide bonds. The van der Waals surface area contributed by atoms with Gasteiger partial charge in [-0.15, -0.1) is 11.3 Å². The number of hydrogen-bond donors (Lipinski definition) is 1. The van der Waals surface area contributed by atoms with Crippen molar-refractivity contribution in [1.82, 2.24) is 4.98 Å². The highest BCUT2D eigenvalue weighted by atomic mass is 32.1. The Balaban J connectivity index is 2.84. The van der Waals surface area contributed by atoms with Crippen LogP contribution in [0.15, 0.2) is 10.5 Å². The van der Waals surface area contributed by atoms with Crippen LogP contribution >= 0.6 is 11.3 Å². The lowest BCUT2D eigenvalue weighted by Crippen LogP contribution is -2.04. The number of anilines is 1. The fraction of sp³-hybridized carbons (Fsp3) is 0.286. The van der Waals surface area contributed by atoms with Gasteiger partial charge in [-0.1, -0.05) is 5.16 Å². The molecular formula is C7H9N3O2S. The van der Waals surface area contributed by atoms with Crippen molar-refractivity contribution in [2.75, 3.05) is 12.3 Å². The van der Waals surface area contributed by atoms with E-state index in [2.05, 4.69) is 10.1 Å². The Morgan fingerprint density at radius 2 is 2.69 bits per heavy atom. The normalized spacial score (nSPS) is 11.3. The van der Waals surface area contributed by atoms with E-state index < -0.39 is 0 Å². The first-order valence-electron chi connectivity index (χ1n) is 3.64. The summed E-state index contributed by atoms with van der Waals surface area (Å²) in [5, 5.41) is 5.64. The summed E-state index contributed by atoms with van der Waals surface area (Å²) < 4.78 is 0. The minimum atomic E-state index is 0.162. The molecule has 0 saturated carbocycles. The number of nitrogens with zero attached hydrogens (tertiary/aromatic N) is 2. The maximum Gasteiger partial charge on any atom is 0.180 e. The number of oxime groups is 1. The van der Waals surface area contributed by atoms with E-state index in [0.29, 0.717) is 23.7 Å². The summed E-state index contributed by atoms with van der Waals surface area (Å²) in [6.45, 7) is 2.19. The summed E-state index contributed by atoms with van der Waals surface area (Å²) in [6.07, 6.45) is 0.587. The molecule has 0 atom stereocenters. The first-order valence-corrected chi connectivity index (χ1v) is 4.52. The highest BCUT2D eigenvalue weighted by molar-refractivity contribution is 7.13. The molecular weight excluding hydrogens is 190 g/mol. The maximum absolute atomic E-state index is 10.5. The van der Waals surface area contributed by atoms with E-state index in [1.165, 1.54) is 11.3 Å². The quantitative estimate of drug-likeness (QED) is 0.439. The molecule has 1 heterocycles. The van der Waals surface area contributed by atoms with Crippen LogP contribution in [0.3, 0.4) is 0 Å². The van der Waals surface area contributed by atoms with Crippen LogP contribution in [-0.4, -0.2) is 23.6 Å². The summed E-state index contributed by atoms with van der Waals surface area (Å²) in [4.78, 5) is 19.2. The third kappa shape index (κ3) is 2.51. The van der Waals surface area contributed by atoms with Crippen LogP contribution in [0, 0.1) is 0 Å². The van der Waals surface area contributed by atoms with E-state index in [-0.39, 0.29) is 5.71 Å². The van der Waals surface area contributed by atoms with Crippen molar-refractivity contribution in [3.63, 3.8) is 0 Å². The molecule has 2 N–H and O–H groups in total. The molecule has 70 valence electrons. The number of aromatic nitrogens is 1. The number of nitrogens with two attached hydrogens (primary N) is 1. The van der Waals surface area contributed by atoms with Gasteiger partial charge in [-0.3, -0.25) is 4.79 Å². The first kappa shape index (κ1) is 9.66. The minimum absolute atomic E-state index is 0.162. The molecule has 0 aliphatic carbocycles. The molecule has 1 aromatic heterocycles. The van der Waals surface area contributed by atoms with Crippen molar-refractivity contribution in [1.29, 1.82) is 0 Å². The van der Waals surface area contributed by atoms with Gasteiger partial charge in [0.05, 0.1) is 0 Å². The smallest absolute Gasteiger partial charge is 0.180 e. The second-order valence-corrected chi connectivity index (χ2v) is 2.97. The predicted octanol–water partition coefficient (Wildman–Crippen LogP) is 0.665. The maximum atomic E-state index is 10.5. The molecule has 6 heteroatoms. The molecule has 0 spiro atoms. The fourth-order valence-corrected chi connectivity index (χ4v) is 1.22. The summed E-state index contributed by atoms with van der Waals surface area (Å²) in [6, 6.07) is 0. The van der Waals surface area contributed by atoms with E-state index in [1.54, 1.807) is 12.3 Å². The average Bonchev–Trinajstić information content (AvgIpc) is 2.54. The van der Waals surface area contributed by atoms with Crippen LogP contribution in [0.25, 0.3) is 0 Å². The molecule has 1 rings (SSSR count). The molecule has 0 aliphatic heterocycles. The lowest BCUT2D eigenvalue weighted by Gasteiger charge is -1.93. The second kappa shape index (κ2) is 4.56. The Kier molecular flexibility index (Phi) is 3.39. The van der Waals surface area contributed by atoms with Crippen LogP contribution in [0.4, 0.5) is 5.13 Å². The molecule has 0 bridgehead atoms. The molecule has 0 radical (unpaired) electrons. The Bertz CT molecular complexity index is 321.